The van der Waals surface area contributed by atoms with Crippen molar-refractivity contribution in [3.8, 4) is 11.5 Å². The van der Waals surface area contributed by atoms with Crippen molar-refractivity contribution in [1.82, 2.24) is 0 Å². The zero-order valence-electron chi connectivity index (χ0n) is 12.2. The molecule has 110 valence electrons. The SMILES string of the molecule is CC(C)(C)c1ccccc1Oc1ccc(C(=O)O)c(Br)c1. The number of ether oxygens (including phenoxy) is 1. The molecule has 4 heteroatoms. The monoisotopic (exact) mass is 348 g/mol. The maximum absolute atomic E-state index is 11.0. The van der Waals surface area contributed by atoms with E-state index >= 15 is 0 Å². The van der Waals surface area contributed by atoms with Gasteiger partial charge in [-0.3, -0.25) is 0 Å². The van der Waals surface area contributed by atoms with Gasteiger partial charge < -0.3 is 9.84 Å². The third-order valence-electron chi connectivity index (χ3n) is 3.09. The molecule has 2 rings (SSSR count). The zero-order chi connectivity index (χ0) is 15.6. The minimum Gasteiger partial charge on any atom is -0.478 e. The second kappa shape index (κ2) is 5.90. The molecule has 0 bridgehead atoms. The predicted octanol–water partition coefficient (Wildman–Crippen LogP) is 5.24. The molecule has 0 amide bonds. The molecule has 0 aliphatic heterocycles. The number of hydrogen-bond donors (Lipinski definition) is 1. The Bertz CT molecular complexity index is 672. The van der Waals surface area contributed by atoms with Gasteiger partial charge in [0.15, 0.2) is 0 Å². The molecular weight excluding hydrogens is 332 g/mol. The molecule has 0 saturated carbocycles. The van der Waals surface area contributed by atoms with Gasteiger partial charge >= 0.3 is 5.97 Å². The fourth-order valence-corrected chi connectivity index (χ4v) is 2.56. The molecule has 0 aliphatic carbocycles. The summed E-state index contributed by atoms with van der Waals surface area (Å²) in [6.45, 7) is 6.37. The first-order valence-electron chi connectivity index (χ1n) is 6.59. The average Bonchev–Trinajstić information content (AvgIpc) is 2.37. The number of rotatable bonds is 3. The lowest BCUT2D eigenvalue weighted by atomic mass is 9.86. The Kier molecular flexibility index (Phi) is 4.37. The Morgan fingerprint density at radius 1 is 1.14 bits per heavy atom. The molecule has 0 spiro atoms. The summed E-state index contributed by atoms with van der Waals surface area (Å²) in [7, 11) is 0. The largest absolute Gasteiger partial charge is 0.478 e. The lowest BCUT2D eigenvalue weighted by Gasteiger charge is -2.22. The molecule has 1 N–H and O–H groups in total. The number of carboxylic acids is 1. The minimum atomic E-state index is -0.969. The van der Waals surface area contributed by atoms with Crippen molar-refractivity contribution in [2.45, 2.75) is 26.2 Å². The van der Waals surface area contributed by atoms with Crippen molar-refractivity contribution in [2.24, 2.45) is 0 Å². The van der Waals surface area contributed by atoms with Crippen molar-refractivity contribution >= 4 is 21.9 Å². The molecule has 0 radical (unpaired) electrons. The molecule has 3 nitrogen and oxygen atoms in total. The van der Waals surface area contributed by atoms with E-state index in [4.69, 9.17) is 9.84 Å². The van der Waals surface area contributed by atoms with Gasteiger partial charge in [0.1, 0.15) is 11.5 Å². The van der Waals surface area contributed by atoms with E-state index in [1.807, 2.05) is 24.3 Å². The Hall–Kier alpha value is -1.81. The number of para-hydroxylation sites is 1. The van der Waals surface area contributed by atoms with E-state index in [0.717, 1.165) is 11.3 Å². The van der Waals surface area contributed by atoms with Crippen molar-refractivity contribution in [1.29, 1.82) is 0 Å². The molecule has 0 unspecified atom stereocenters. The van der Waals surface area contributed by atoms with Gasteiger partial charge in [-0.2, -0.15) is 0 Å². The molecule has 0 saturated heterocycles. The molecule has 0 fully saturated rings. The molecular formula is C17H17BrO3. The van der Waals surface area contributed by atoms with Crippen LogP contribution < -0.4 is 4.74 Å². The van der Waals surface area contributed by atoms with Crippen LogP contribution in [0.4, 0.5) is 0 Å². The van der Waals surface area contributed by atoms with Crippen LogP contribution in [0.5, 0.6) is 11.5 Å². The highest BCUT2D eigenvalue weighted by Gasteiger charge is 2.19. The van der Waals surface area contributed by atoms with Crippen molar-refractivity contribution in [3.05, 3.63) is 58.1 Å². The summed E-state index contributed by atoms with van der Waals surface area (Å²) in [5.74, 6) is 0.409. The molecule has 0 heterocycles. The van der Waals surface area contributed by atoms with E-state index in [0.29, 0.717) is 10.2 Å². The van der Waals surface area contributed by atoms with Crippen LogP contribution in [0.1, 0.15) is 36.7 Å². The van der Waals surface area contributed by atoms with Crippen LogP contribution in [0.3, 0.4) is 0 Å². The third-order valence-corrected chi connectivity index (χ3v) is 3.75. The van der Waals surface area contributed by atoms with Crippen LogP contribution in [0.2, 0.25) is 0 Å². The van der Waals surface area contributed by atoms with Gasteiger partial charge in [0, 0.05) is 10.0 Å². The van der Waals surface area contributed by atoms with E-state index in [1.165, 1.54) is 6.07 Å². The normalized spacial score (nSPS) is 11.2. The first-order chi connectivity index (χ1) is 9.79. The molecule has 0 aliphatic rings. The number of carboxylic acid groups (broad SMARTS) is 1. The van der Waals surface area contributed by atoms with Crippen LogP contribution in [-0.4, -0.2) is 11.1 Å². The highest BCUT2D eigenvalue weighted by molar-refractivity contribution is 9.10. The van der Waals surface area contributed by atoms with Crippen LogP contribution in [0.15, 0.2) is 46.9 Å². The summed E-state index contributed by atoms with van der Waals surface area (Å²) >= 11 is 3.26. The van der Waals surface area contributed by atoms with E-state index in [1.54, 1.807) is 12.1 Å². The summed E-state index contributed by atoms with van der Waals surface area (Å²) in [5.41, 5.74) is 1.28. The first-order valence-corrected chi connectivity index (χ1v) is 7.38. The smallest absolute Gasteiger partial charge is 0.336 e. The number of halogens is 1. The van der Waals surface area contributed by atoms with Crippen LogP contribution in [0, 0.1) is 0 Å². The lowest BCUT2D eigenvalue weighted by molar-refractivity contribution is 0.0696. The Morgan fingerprint density at radius 2 is 1.81 bits per heavy atom. The van der Waals surface area contributed by atoms with Crippen LogP contribution in [-0.2, 0) is 5.41 Å². The Labute approximate surface area is 132 Å². The number of aromatic carboxylic acids is 1. The Morgan fingerprint density at radius 3 is 2.38 bits per heavy atom. The highest BCUT2D eigenvalue weighted by atomic mass is 79.9. The van der Waals surface area contributed by atoms with Crippen molar-refractivity contribution in [3.63, 3.8) is 0 Å². The van der Waals surface area contributed by atoms with Crippen molar-refractivity contribution < 1.29 is 14.6 Å². The van der Waals surface area contributed by atoms with Gasteiger partial charge in [0.25, 0.3) is 0 Å². The highest BCUT2D eigenvalue weighted by Crippen LogP contribution is 2.35. The number of hydrogen-bond acceptors (Lipinski definition) is 2. The fourth-order valence-electron chi connectivity index (χ4n) is 2.03. The molecule has 0 atom stereocenters. The summed E-state index contributed by atoms with van der Waals surface area (Å²) in [6, 6.07) is 12.7. The zero-order valence-corrected chi connectivity index (χ0v) is 13.8. The average molecular weight is 349 g/mol. The van der Waals surface area contributed by atoms with E-state index < -0.39 is 5.97 Å². The van der Waals surface area contributed by atoms with Gasteiger partial charge in [-0.05, 0) is 45.6 Å². The maximum Gasteiger partial charge on any atom is 0.336 e. The Balaban J connectivity index is 2.35. The minimum absolute atomic E-state index is 0.0329. The van der Waals surface area contributed by atoms with E-state index in [-0.39, 0.29) is 11.0 Å². The van der Waals surface area contributed by atoms with E-state index in [9.17, 15) is 4.79 Å². The van der Waals surface area contributed by atoms with Crippen LogP contribution in [0.25, 0.3) is 0 Å². The lowest BCUT2D eigenvalue weighted by Crippen LogP contribution is -2.12. The van der Waals surface area contributed by atoms with Gasteiger partial charge in [0.2, 0.25) is 0 Å². The summed E-state index contributed by atoms with van der Waals surface area (Å²) in [5, 5.41) is 9.03. The standard InChI is InChI=1S/C17H17BrO3/c1-17(2,3)13-6-4-5-7-15(13)21-11-8-9-12(16(19)20)14(18)10-11/h4-10H,1-3H3,(H,19,20). The summed E-state index contributed by atoms with van der Waals surface area (Å²) in [4.78, 5) is 11.0. The van der Waals surface area contributed by atoms with Gasteiger partial charge in [-0.25, -0.2) is 4.79 Å². The quantitative estimate of drug-likeness (QED) is 0.825. The number of benzene rings is 2. The summed E-state index contributed by atoms with van der Waals surface area (Å²) < 4.78 is 6.43. The third kappa shape index (κ3) is 3.64. The topological polar surface area (TPSA) is 46.5 Å². The molecule has 2 aromatic rings. The van der Waals surface area contributed by atoms with Crippen LogP contribution >= 0.6 is 15.9 Å². The summed E-state index contributed by atoms with van der Waals surface area (Å²) in [6.07, 6.45) is 0. The van der Waals surface area contributed by atoms with Gasteiger partial charge in [-0.1, -0.05) is 39.0 Å². The van der Waals surface area contributed by atoms with E-state index in [2.05, 4.69) is 36.7 Å². The first kappa shape index (κ1) is 15.6. The van der Waals surface area contributed by atoms with Crippen molar-refractivity contribution in [2.75, 3.05) is 0 Å². The van der Waals surface area contributed by atoms with Gasteiger partial charge in [-0.15, -0.1) is 0 Å². The number of carbonyl (C=O) groups is 1. The fraction of sp³-hybridized carbons (Fsp3) is 0.235. The second-order valence-corrected chi connectivity index (χ2v) is 6.65. The molecule has 21 heavy (non-hydrogen) atoms. The van der Waals surface area contributed by atoms with Gasteiger partial charge in [0.05, 0.1) is 5.56 Å². The molecule has 2 aromatic carbocycles. The maximum atomic E-state index is 11.0. The second-order valence-electron chi connectivity index (χ2n) is 5.80. The molecule has 0 aromatic heterocycles. The predicted molar refractivity (Wildman–Crippen MR) is 86.3 cm³/mol.